The Morgan fingerprint density at radius 2 is 2.00 bits per heavy atom. The van der Waals surface area contributed by atoms with Crippen molar-refractivity contribution in [2.24, 2.45) is 17.6 Å². The molecular formula is C21H25ClN4O4. The van der Waals surface area contributed by atoms with E-state index in [2.05, 4.69) is 10.6 Å². The van der Waals surface area contributed by atoms with Gasteiger partial charge in [-0.1, -0.05) is 24.6 Å². The van der Waals surface area contributed by atoms with E-state index in [4.69, 9.17) is 17.3 Å². The zero-order chi connectivity index (χ0) is 22.0. The Labute approximate surface area is 179 Å². The number of rotatable bonds is 5. The number of hydrogen-bond acceptors (Lipinski definition) is 5. The van der Waals surface area contributed by atoms with Crippen LogP contribution < -0.4 is 16.4 Å². The van der Waals surface area contributed by atoms with Gasteiger partial charge in [-0.25, -0.2) is 0 Å². The summed E-state index contributed by atoms with van der Waals surface area (Å²) in [4.78, 5) is 52.9. The van der Waals surface area contributed by atoms with Crippen LogP contribution in [0.4, 0.5) is 5.69 Å². The van der Waals surface area contributed by atoms with Crippen LogP contribution in [-0.4, -0.2) is 40.6 Å². The Hall–Kier alpha value is -2.45. The lowest BCUT2D eigenvalue weighted by Crippen LogP contribution is -2.54. The fourth-order valence-corrected chi connectivity index (χ4v) is 5.33. The maximum absolute atomic E-state index is 13.5. The third kappa shape index (κ3) is 2.63. The van der Waals surface area contributed by atoms with Gasteiger partial charge in [0.25, 0.3) is 0 Å². The maximum atomic E-state index is 13.5. The number of fused-ring (bicyclic) bond motifs is 4. The van der Waals surface area contributed by atoms with Crippen molar-refractivity contribution in [1.29, 1.82) is 0 Å². The molecule has 5 unspecified atom stereocenters. The average molecular weight is 433 g/mol. The van der Waals surface area contributed by atoms with E-state index in [0.717, 1.165) is 0 Å². The highest BCUT2D eigenvalue weighted by molar-refractivity contribution is 6.32. The van der Waals surface area contributed by atoms with Gasteiger partial charge in [-0.15, -0.1) is 0 Å². The summed E-state index contributed by atoms with van der Waals surface area (Å²) in [5.41, 5.74) is 5.83. The zero-order valence-electron chi connectivity index (χ0n) is 17.1. The summed E-state index contributed by atoms with van der Waals surface area (Å²) in [6.45, 7) is 5.52. The number of likely N-dealkylation sites (tertiary alicyclic amines) is 1. The van der Waals surface area contributed by atoms with Crippen molar-refractivity contribution in [2.75, 3.05) is 5.32 Å². The molecule has 4 rings (SSSR count). The molecule has 0 saturated carbocycles. The van der Waals surface area contributed by atoms with E-state index in [9.17, 15) is 19.2 Å². The van der Waals surface area contributed by atoms with E-state index < -0.39 is 29.3 Å². The van der Waals surface area contributed by atoms with Gasteiger partial charge in [0.1, 0.15) is 5.54 Å². The van der Waals surface area contributed by atoms with Crippen LogP contribution in [-0.2, 0) is 24.7 Å². The summed E-state index contributed by atoms with van der Waals surface area (Å²) in [6, 6.07) is 2.62. The monoisotopic (exact) mass is 432 g/mol. The van der Waals surface area contributed by atoms with Gasteiger partial charge >= 0.3 is 0 Å². The van der Waals surface area contributed by atoms with Crippen LogP contribution in [0.1, 0.15) is 44.2 Å². The summed E-state index contributed by atoms with van der Waals surface area (Å²) in [5, 5.41) is 6.66. The normalized spacial score (nSPS) is 30.6. The molecular weight excluding hydrogens is 408 g/mol. The number of nitrogens with zero attached hydrogens (tertiary/aromatic N) is 1. The van der Waals surface area contributed by atoms with E-state index in [1.54, 1.807) is 19.1 Å². The standard InChI is InChI=1S/C21H25ClN4O4/c1-4-9(2)26-18(28)15-13(7-8-14(23)27)25-21(16(15)19(26)29)11-5-6-12(22)10(3)17(11)24-20(21)30/h5-6,9,13,15-16,25H,4,7-8H2,1-3H3,(H2,23,27)(H,24,30). The molecule has 1 aromatic carbocycles. The van der Waals surface area contributed by atoms with Gasteiger partial charge in [-0.3, -0.25) is 29.4 Å². The number of carbonyl (C=O) groups excluding carboxylic acids is 4. The Kier molecular flexibility index (Phi) is 4.90. The van der Waals surface area contributed by atoms with Crippen molar-refractivity contribution in [3.63, 3.8) is 0 Å². The molecule has 3 heterocycles. The van der Waals surface area contributed by atoms with Crippen molar-refractivity contribution in [2.45, 2.75) is 57.7 Å². The number of benzene rings is 1. The second kappa shape index (κ2) is 7.06. The van der Waals surface area contributed by atoms with Gasteiger partial charge in [-0.2, -0.15) is 0 Å². The van der Waals surface area contributed by atoms with Gasteiger partial charge < -0.3 is 11.1 Å². The Bertz CT molecular complexity index is 980. The molecule has 0 radical (unpaired) electrons. The molecule has 8 nitrogen and oxygen atoms in total. The van der Waals surface area contributed by atoms with Crippen LogP contribution in [0.2, 0.25) is 5.02 Å². The molecule has 1 aromatic rings. The van der Waals surface area contributed by atoms with Crippen molar-refractivity contribution >= 4 is 40.9 Å². The number of anilines is 1. The third-order valence-electron chi connectivity index (χ3n) is 6.85. The number of halogens is 1. The maximum Gasteiger partial charge on any atom is 0.250 e. The minimum absolute atomic E-state index is 0.0515. The van der Waals surface area contributed by atoms with Gasteiger partial charge in [-0.05, 0) is 38.3 Å². The summed E-state index contributed by atoms with van der Waals surface area (Å²) < 4.78 is 0. The Morgan fingerprint density at radius 3 is 2.63 bits per heavy atom. The first kappa shape index (κ1) is 20.8. The topological polar surface area (TPSA) is 122 Å². The molecule has 160 valence electrons. The summed E-state index contributed by atoms with van der Waals surface area (Å²) in [5.74, 6) is -3.17. The van der Waals surface area contributed by atoms with Gasteiger partial charge in [0.2, 0.25) is 23.6 Å². The molecule has 4 amide bonds. The number of nitrogens with one attached hydrogen (secondary N) is 2. The number of nitrogens with two attached hydrogens (primary N) is 1. The molecule has 2 fully saturated rings. The predicted octanol–water partition coefficient (Wildman–Crippen LogP) is 1.43. The summed E-state index contributed by atoms with van der Waals surface area (Å²) in [7, 11) is 0. The van der Waals surface area contributed by atoms with Gasteiger partial charge in [0.15, 0.2) is 0 Å². The number of carbonyl (C=O) groups is 4. The first-order valence-corrected chi connectivity index (χ1v) is 10.6. The highest BCUT2D eigenvalue weighted by atomic mass is 35.5. The third-order valence-corrected chi connectivity index (χ3v) is 7.26. The molecule has 3 aliphatic heterocycles. The van der Waals surface area contributed by atoms with Crippen LogP contribution in [0.5, 0.6) is 0 Å². The first-order chi connectivity index (χ1) is 14.1. The number of amides is 4. The predicted molar refractivity (Wildman–Crippen MR) is 110 cm³/mol. The number of hydrogen-bond donors (Lipinski definition) is 3. The molecule has 1 spiro atoms. The van der Waals surface area contributed by atoms with Crippen LogP contribution in [0.3, 0.4) is 0 Å². The molecule has 9 heteroatoms. The molecule has 5 atom stereocenters. The fraction of sp³-hybridized carbons (Fsp3) is 0.524. The Balaban J connectivity index is 1.87. The first-order valence-electron chi connectivity index (χ1n) is 10.2. The molecule has 3 aliphatic rings. The highest BCUT2D eigenvalue weighted by Crippen LogP contribution is 2.54. The lowest BCUT2D eigenvalue weighted by molar-refractivity contribution is -0.145. The van der Waals surface area contributed by atoms with Crippen molar-refractivity contribution < 1.29 is 19.2 Å². The van der Waals surface area contributed by atoms with Gasteiger partial charge in [0.05, 0.1) is 17.5 Å². The zero-order valence-corrected chi connectivity index (χ0v) is 17.9. The Morgan fingerprint density at radius 1 is 1.30 bits per heavy atom. The number of imide groups is 1. The van der Waals surface area contributed by atoms with Crippen LogP contribution >= 0.6 is 11.6 Å². The summed E-state index contributed by atoms with van der Waals surface area (Å²) >= 11 is 6.24. The van der Waals surface area contributed by atoms with Crippen molar-refractivity contribution in [1.82, 2.24) is 10.2 Å². The molecule has 0 bridgehead atoms. The largest absolute Gasteiger partial charge is 0.370 e. The summed E-state index contributed by atoms with van der Waals surface area (Å²) in [6.07, 6.45) is 0.928. The minimum Gasteiger partial charge on any atom is -0.370 e. The van der Waals surface area contributed by atoms with E-state index in [-0.39, 0.29) is 36.6 Å². The molecule has 0 aliphatic carbocycles. The van der Waals surface area contributed by atoms with Crippen LogP contribution in [0.25, 0.3) is 0 Å². The molecule has 30 heavy (non-hydrogen) atoms. The minimum atomic E-state index is -1.38. The van der Waals surface area contributed by atoms with E-state index in [0.29, 0.717) is 28.3 Å². The molecule has 4 N–H and O–H groups in total. The van der Waals surface area contributed by atoms with E-state index in [1.165, 1.54) is 4.90 Å². The SMILES string of the molecule is CCC(C)N1C(=O)C2C(CCC(N)=O)NC3(C(=O)Nc4c3ccc(Cl)c4C)C2C1=O. The molecule has 2 saturated heterocycles. The van der Waals surface area contributed by atoms with E-state index >= 15 is 0 Å². The second-order valence-electron chi connectivity index (χ2n) is 8.42. The quantitative estimate of drug-likeness (QED) is 0.607. The van der Waals surface area contributed by atoms with Crippen molar-refractivity contribution in [3.05, 3.63) is 28.3 Å². The smallest absolute Gasteiger partial charge is 0.250 e. The molecule has 0 aromatic heterocycles. The average Bonchev–Trinajstić information content (AvgIpc) is 3.28. The van der Waals surface area contributed by atoms with Crippen LogP contribution in [0, 0.1) is 18.8 Å². The fourth-order valence-electron chi connectivity index (χ4n) is 5.18. The lowest BCUT2D eigenvalue weighted by atomic mass is 9.76. The van der Waals surface area contributed by atoms with Crippen LogP contribution in [0.15, 0.2) is 12.1 Å². The lowest BCUT2D eigenvalue weighted by Gasteiger charge is -2.31. The number of primary amides is 1. The van der Waals surface area contributed by atoms with Crippen molar-refractivity contribution in [3.8, 4) is 0 Å². The highest BCUT2D eigenvalue weighted by Gasteiger charge is 2.70. The van der Waals surface area contributed by atoms with Gasteiger partial charge in [0, 0.05) is 29.1 Å². The van der Waals surface area contributed by atoms with E-state index in [1.807, 2.05) is 13.8 Å². The second-order valence-corrected chi connectivity index (χ2v) is 8.83.